The Morgan fingerprint density at radius 1 is 1.14 bits per heavy atom. The number of amides is 1. The average molecular weight is 296 g/mol. The maximum atomic E-state index is 12.1. The Labute approximate surface area is 129 Å². The molecule has 5 heteroatoms. The molecule has 112 valence electrons. The van der Waals surface area contributed by atoms with Crippen LogP contribution in [0.2, 0.25) is 0 Å². The van der Waals surface area contributed by atoms with Crippen molar-refractivity contribution in [2.24, 2.45) is 0 Å². The predicted octanol–water partition coefficient (Wildman–Crippen LogP) is 2.51. The van der Waals surface area contributed by atoms with E-state index in [9.17, 15) is 4.79 Å². The molecule has 0 bridgehead atoms. The first kappa shape index (κ1) is 15.4. The number of methoxy groups -OCH3 is 2. The fourth-order valence-corrected chi connectivity index (χ4v) is 2.00. The van der Waals surface area contributed by atoms with Crippen LogP contribution in [0, 0.1) is 11.3 Å². The van der Waals surface area contributed by atoms with Crippen molar-refractivity contribution in [3.63, 3.8) is 0 Å². The molecule has 0 aliphatic heterocycles. The first-order chi connectivity index (χ1) is 10.7. The molecule has 0 atom stereocenters. The van der Waals surface area contributed by atoms with Gasteiger partial charge in [0.2, 0.25) is 0 Å². The van der Waals surface area contributed by atoms with Crippen molar-refractivity contribution in [2.75, 3.05) is 14.2 Å². The molecule has 0 aromatic heterocycles. The molecule has 2 aromatic carbocycles. The maximum absolute atomic E-state index is 12.1. The zero-order valence-corrected chi connectivity index (χ0v) is 12.4. The molecular formula is C17H16N2O3. The lowest BCUT2D eigenvalue weighted by Crippen LogP contribution is -2.22. The largest absolute Gasteiger partial charge is 0.493 e. The lowest BCUT2D eigenvalue weighted by Gasteiger charge is -2.10. The molecule has 5 nitrogen and oxygen atoms in total. The van der Waals surface area contributed by atoms with E-state index >= 15 is 0 Å². The van der Waals surface area contributed by atoms with Gasteiger partial charge in [0, 0.05) is 12.1 Å². The van der Waals surface area contributed by atoms with E-state index in [2.05, 4.69) is 5.32 Å². The fraction of sp³-hybridized carbons (Fsp3) is 0.176. The van der Waals surface area contributed by atoms with Crippen LogP contribution in [0.15, 0.2) is 42.5 Å². The summed E-state index contributed by atoms with van der Waals surface area (Å²) in [7, 11) is 3.13. The van der Waals surface area contributed by atoms with Crippen molar-refractivity contribution in [3.8, 4) is 17.6 Å². The number of ether oxygens (including phenoxy) is 2. The quantitative estimate of drug-likeness (QED) is 0.920. The van der Waals surface area contributed by atoms with E-state index in [0.717, 1.165) is 5.56 Å². The Kier molecular flexibility index (Phi) is 4.99. The molecule has 0 saturated heterocycles. The van der Waals surface area contributed by atoms with E-state index in [-0.39, 0.29) is 5.91 Å². The molecular weight excluding hydrogens is 280 g/mol. The van der Waals surface area contributed by atoms with Crippen LogP contribution in [0.1, 0.15) is 21.5 Å². The monoisotopic (exact) mass is 296 g/mol. The number of nitrogens with one attached hydrogen (secondary N) is 1. The van der Waals surface area contributed by atoms with Gasteiger partial charge < -0.3 is 14.8 Å². The summed E-state index contributed by atoms with van der Waals surface area (Å²) in [6, 6.07) is 14.0. The van der Waals surface area contributed by atoms with E-state index in [1.807, 2.05) is 18.2 Å². The molecule has 0 aliphatic carbocycles. The van der Waals surface area contributed by atoms with Crippen LogP contribution in [0.4, 0.5) is 0 Å². The van der Waals surface area contributed by atoms with E-state index in [1.54, 1.807) is 44.6 Å². The number of hydrogen-bond donors (Lipinski definition) is 1. The number of nitrogens with zero attached hydrogens (tertiary/aromatic N) is 1. The molecule has 0 unspecified atom stereocenters. The summed E-state index contributed by atoms with van der Waals surface area (Å²) < 4.78 is 10.4. The molecule has 0 fully saturated rings. The van der Waals surface area contributed by atoms with E-state index in [1.165, 1.54) is 0 Å². The highest BCUT2D eigenvalue weighted by molar-refractivity contribution is 5.94. The van der Waals surface area contributed by atoms with Crippen molar-refractivity contribution in [2.45, 2.75) is 6.54 Å². The molecule has 0 radical (unpaired) electrons. The van der Waals surface area contributed by atoms with Crippen molar-refractivity contribution in [3.05, 3.63) is 59.2 Å². The summed E-state index contributed by atoms with van der Waals surface area (Å²) >= 11 is 0. The van der Waals surface area contributed by atoms with Gasteiger partial charge in [0.1, 0.15) is 0 Å². The van der Waals surface area contributed by atoms with Gasteiger partial charge in [-0.2, -0.15) is 5.26 Å². The highest BCUT2D eigenvalue weighted by atomic mass is 16.5. The minimum atomic E-state index is -0.230. The van der Waals surface area contributed by atoms with Gasteiger partial charge in [-0.05, 0) is 35.9 Å². The molecule has 0 saturated carbocycles. The van der Waals surface area contributed by atoms with Gasteiger partial charge in [-0.1, -0.05) is 12.1 Å². The summed E-state index contributed by atoms with van der Waals surface area (Å²) in [5.74, 6) is 1.02. The molecule has 22 heavy (non-hydrogen) atoms. The van der Waals surface area contributed by atoms with Crippen LogP contribution in [-0.2, 0) is 6.54 Å². The standard InChI is InChI=1S/C17H16N2O3/c1-21-15-7-6-13(9-16(15)22-2)11-19-17(20)14-5-3-4-12(8-14)10-18/h3-9H,11H2,1-2H3,(H,19,20). The van der Waals surface area contributed by atoms with Crippen molar-refractivity contribution < 1.29 is 14.3 Å². The number of benzene rings is 2. The van der Waals surface area contributed by atoms with Crippen LogP contribution in [0.5, 0.6) is 11.5 Å². The Balaban J connectivity index is 2.06. The summed E-state index contributed by atoms with van der Waals surface area (Å²) in [5, 5.41) is 11.7. The van der Waals surface area contributed by atoms with Gasteiger partial charge in [0.05, 0.1) is 25.9 Å². The smallest absolute Gasteiger partial charge is 0.251 e. The Hall–Kier alpha value is -3.00. The Bertz CT molecular complexity index is 720. The Morgan fingerprint density at radius 2 is 1.91 bits per heavy atom. The van der Waals surface area contributed by atoms with E-state index < -0.39 is 0 Å². The van der Waals surface area contributed by atoms with Gasteiger partial charge in [0.15, 0.2) is 11.5 Å². The lowest BCUT2D eigenvalue weighted by molar-refractivity contribution is 0.0951. The van der Waals surface area contributed by atoms with Crippen LogP contribution >= 0.6 is 0 Å². The van der Waals surface area contributed by atoms with Gasteiger partial charge in [-0.15, -0.1) is 0 Å². The molecule has 1 N–H and O–H groups in total. The summed E-state index contributed by atoms with van der Waals surface area (Å²) in [6.45, 7) is 0.357. The van der Waals surface area contributed by atoms with Crippen LogP contribution in [0.3, 0.4) is 0 Å². The van der Waals surface area contributed by atoms with Gasteiger partial charge in [0.25, 0.3) is 5.91 Å². The minimum absolute atomic E-state index is 0.230. The number of carbonyl (C=O) groups is 1. The summed E-state index contributed by atoms with van der Waals surface area (Å²) in [4.78, 5) is 12.1. The topological polar surface area (TPSA) is 71.3 Å². The van der Waals surface area contributed by atoms with Gasteiger partial charge in [-0.3, -0.25) is 4.79 Å². The number of nitriles is 1. The number of carbonyl (C=O) groups excluding carboxylic acids is 1. The molecule has 2 rings (SSSR count). The summed E-state index contributed by atoms with van der Waals surface area (Å²) in [5.41, 5.74) is 1.81. The second-order valence-corrected chi connectivity index (χ2v) is 4.56. The third kappa shape index (κ3) is 3.55. The fourth-order valence-electron chi connectivity index (χ4n) is 2.00. The van der Waals surface area contributed by atoms with Crippen molar-refractivity contribution in [1.29, 1.82) is 5.26 Å². The molecule has 2 aromatic rings. The first-order valence-corrected chi connectivity index (χ1v) is 6.67. The normalized spacial score (nSPS) is 9.68. The molecule has 0 spiro atoms. The highest BCUT2D eigenvalue weighted by Crippen LogP contribution is 2.27. The van der Waals surface area contributed by atoms with E-state index in [4.69, 9.17) is 14.7 Å². The first-order valence-electron chi connectivity index (χ1n) is 6.67. The number of rotatable bonds is 5. The maximum Gasteiger partial charge on any atom is 0.251 e. The molecule has 1 amide bonds. The minimum Gasteiger partial charge on any atom is -0.493 e. The van der Waals surface area contributed by atoms with Gasteiger partial charge >= 0.3 is 0 Å². The molecule has 0 heterocycles. The van der Waals surface area contributed by atoms with Crippen LogP contribution < -0.4 is 14.8 Å². The SMILES string of the molecule is COc1ccc(CNC(=O)c2cccc(C#N)c2)cc1OC. The third-order valence-corrected chi connectivity index (χ3v) is 3.15. The predicted molar refractivity (Wildman–Crippen MR) is 81.9 cm³/mol. The lowest BCUT2D eigenvalue weighted by atomic mass is 10.1. The zero-order valence-electron chi connectivity index (χ0n) is 12.4. The highest BCUT2D eigenvalue weighted by Gasteiger charge is 2.08. The zero-order chi connectivity index (χ0) is 15.9. The Morgan fingerprint density at radius 3 is 2.59 bits per heavy atom. The van der Waals surface area contributed by atoms with Crippen molar-refractivity contribution >= 4 is 5.91 Å². The second-order valence-electron chi connectivity index (χ2n) is 4.56. The van der Waals surface area contributed by atoms with Crippen LogP contribution in [0.25, 0.3) is 0 Å². The van der Waals surface area contributed by atoms with Gasteiger partial charge in [-0.25, -0.2) is 0 Å². The molecule has 0 aliphatic rings. The second kappa shape index (κ2) is 7.14. The van der Waals surface area contributed by atoms with E-state index in [0.29, 0.717) is 29.2 Å². The van der Waals surface area contributed by atoms with Crippen LogP contribution in [-0.4, -0.2) is 20.1 Å². The van der Waals surface area contributed by atoms with Crippen molar-refractivity contribution in [1.82, 2.24) is 5.32 Å². The summed E-state index contributed by atoms with van der Waals surface area (Å²) in [6.07, 6.45) is 0. The average Bonchev–Trinajstić information content (AvgIpc) is 2.59. The third-order valence-electron chi connectivity index (χ3n) is 3.15. The number of hydrogen-bond acceptors (Lipinski definition) is 4.